The maximum Gasteiger partial charge on any atom is 0.322 e. The molecule has 0 aliphatic carbocycles. The van der Waals surface area contributed by atoms with Crippen LogP contribution in [0.1, 0.15) is 226 Å². The van der Waals surface area contributed by atoms with Crippen molar-refractivity contribution in [1.82, 2.24) is 5.32 Å². The zero-order valence-corrected chi connectivity index (χ0v) is 35.3. The van der Waals surface area contributed by atoms with Gasteiger partial charge in [0.2, 0.25) is 5.91 Å². The first-order valence-electron chi connectivity index (χ1n) is 22.8. The second-order valence-corrected chi connectivity index (χ2v) is 15.3. The molecule has 6 nitrogen and oxygen atoms in total. The molecule has 312 valence electrons. The van der Waals surface area contributed by atoms with Crippen molar-refractivity contribution in [2.45, 2.75) is 232 Å². The average Bonchev–Trinajstić information content (AvgIpc) is 3.16. The lowest BCUT2D eigenvalue weighted by atomic mass is 10.0. The number of ether oxygens (including phenoxy) is 1. The number of carbonyl (C=O) groups is 3. The van der Waals surface area contributed by atoms with Crippen molar-refractivity contribution >= 4 is 17.8 Å². The fraction of sp³-hybridized carbons (Fsp3) is 0.771. The van der Waals surface area contributed by atoms with Gasteiger partial charge < -0.3 is 15.2 Å². The third-order valence-corrected chi connectivity index (χ3v) is 10.00. The third-order valence-electron chi connectivity index (χ3n) is 10.00. The van der Waals surface area contributed by atoms with Crippen LogP contribution >= 0.6 is 0 Å². The second kappa shape index (κ2) is 43.1. The van der Waals surface area contributed by atoms with Crippen LogP contribution < -0.4 is 5.32 Å². The number of nitrogens with one attached hydrogen (secondary N) is 1. The number of carboxylic acids is 1. The highest BCUT2D eigenvalue weighted by Crippen LogP contribution is 2.17. The average molecular weight is 756 g/mol. The highest BCUT2D eigenvalue weighted by atomic mass is 16.5. The standard InChI is InChI=1S/C48H85NO5/c1-3-5-7-9-11-13-15-16-17-18-19-20-21-22-23-24-25-26-28-30-32-34-39-43-48(53)54-45(41-37-35-38-42-46(50)49-44-47(51)52)40-36-33-31-29-27-14-12-10-8-6-4-2/h6,8,12,14,29,31,36,40,45H,3-5,7,9-11,13,15-28,30,32-35,37-39,41-44H2,1-2H3,(H,49,50)(H,51,52)/b8-6-,14-12-,31-29-,40-36-. The van der Waals surface area contributed by atoms with Crippen LogP contribution in [0.2, 0.25) is 0 Å². The SMILES string of the molecule is CC/C=C\C/C=C\C/C=C\C/C=C\C(CCCCCC(=O)NCC(=O)O)OC(=O)CCCCCCCCCCCCCCCCCCCCCCCCC. The molecule has 0 aliphatic heterocycles. The van der Waals surface area contributed by atoms with Gasteiger partial charge >= 0.3 is 11.9 Å². The maximum atomic E-state index is 12.7. The van der Waals surface area contributed by atoms with E-state index in [9.17, 15) is 14.4 Å². The normalized spacial score (nSPS) is 12.5. The molecule has 1 atom stereocenters. The molecule has 0 rings (SSSR count). The Hall–Kier alpha value is -2.63. The van der Waals surface area contributed by atoms with Crippen molar-refractivity contribution in [2.24, 2.45) is 0 Å². The lowest BCUT2D eigenvalue weighted by Gasteiger charge is -2.14. The third kappa shape index (κ3) is 42.1. The molecule has 2 N–H and O–H groups in total. The molecule has 0 bridgehead atoms. The molecule has 6 heteroatoms. The Balaban J connectivity index is 4.02. The molecule has 0 saturated carbocycles. The van der Waals surface area contributed by atoms with Gasteiger partial charge in [0, 0.05) is 12.8 Å². The Morgan fingerprint density at radius 2 is 0.889 bits per heavy atom. The summed E-state index contributed by atoms with van der Waals surface area (Å²) in [6, 6.07) is 0. The quantitative estimate of drug-likeness (QED) is 0.0368. The molecule has 54 heavy (non-hydrogen) atoms. The van der Waals surface area contributed by atoms with Gasteiger partial charge in [-0.15, -0.1) is 0 Å². The number of carbonyl (C=O) groups excluding carboxylic acids is 2. The molecule has 0 radical (unpaired) electrons. The Morgan fingerprint density at radius 3 is 1.33 bits per heavy atom. The lowest BCUT2D eigenvalue weighted by Crippen LogP contribution is -2.28. The molecule has 0 aromatic rings. The van der Waals surface area contributed by atoms with E-state index >= 15 is 0 Å². The predicted octanol–water partition coefficient (Wildman–Crippen LogP) is 14.2. The second-order valence-electron chi connectivity index (χ2n) is 15.3. The minimum Gasteiger partial charge on any atom is -0.480 e. The first-order chi connectivity index (χ1) is 26.5. The highest BCUT2D eigenvalue weighted by Gasteiger charge is 2.12. The van der Waals surface area contributed by atoms with E-state index in [0.29, 0.717) is 19.3 Å². The molecule has 1 unspecified atom stereocenters. The monoisotopic (exact) mass is 756 g/mol. The summed E-state index contributed by atoms with van der Waals surface area (Å²) in [4.78, 5) is 35.1. The van der Waals surface area contributed by atoms with Crippen molar-refractivity contribution in [1.29, 1.82) is 0 Å². The molecule has 0 aliphatic rings. The minimum atomic E-state index is -1.04. The molecule has 0 saturated heterocycles. The van der Waals surface area contributed by atoms with Crippen LogP contribution in [0.5, 0.6) is 0 Å². The van der Waals surface area contributed by atoms with Gasteiger partial charge in [-0.3, -0.25) is 14.4 Å². The smallest absolute Gasteiger partial charge is 0.322 e. The Labute approximate surface area is 333 Å². The van der Waals surface area contributed by atoms with Crippen LogP contribution in [0.3, 0.4) is 0 Å². The van der Waals surface area contributed by atoms with E-state index in [2.05, 4.69) is 61.7 Å². The van der Waals surface area contributed by atoms with E-state index in [1.807, 2.05) is 6.08 Å². The van der Waals surface area contributed by atoms with Crippen molar-refractivity contribution in [2.75, 3.05) is 6.54 Å². The van der Waals surface area contributed by atoms with Crippen LogP contribution in [-0.2, 0) is 19.1 Å². The minimum absolute atomic E-state index is 0.126. The summed E-state index contributed by atoms with van der Waals surface area (Å²) in [5, 5.41) is 11.1. The van der Waals surface area contributed by atoms with Crippen molar-refractivity contribution in [3.8, 4) is 0 Å². The first kappa shape index (κ1) is 51.4. The molecular weight excluding hydrogens is 671 g/mol. The number of unbranched alkanes of at least 4 members (excludes halogenated alkanes) is 24. The number of amides is 1. The Kier molecular flexibility index (Phi) is 41.0. The first-order valence-corrected chi connectivity index (χ1v) is 22.8. The van der Waals surface area contributed by atoms with Crippen LogP contribution in [0.25, 0.3) is 0 Å². The van der Waals surface area contributed by atoms with Gasteiger partial charge in [0.25, 0.3) is 0 Å². The molecule has 0 spiro atoms. The van der Waals surface area contributed by atoms with E-state index < -0.39 is 5.97 Å². The van der Waals surface area contributed by atoms with Gasteiger partial charge in [-0.25, -0.2) is 0 Å². The number of hydrogen-bond acceptors (Lipinski definition) is 4. The van der Waals surface area contributed by atoms with Crippen LogP contribution in [0.15, 0.2) is 48.6 Å². The number of esters is 1. The highest BCUT2D eigenvalue weighted by molar-refractivity contribution is 5.80. The van der Waals surface area contributed by atoms with E-state index in [4.69, 9.17) is 9.84 Å². The van der Waals surface area contributed by atoms with Crippen LogP contribution in [0, 0.1) is 0 Å². The van der Waals surface area contributed by atoms with Crippen molar-refractivity contribution < 1.29 is 24.2 Å². The molecule has 1 amide bonds. The number of carboxylic acid groups (broad SMARTS) is 1. The van der Waals surface area contributed by atoms with E-state index in [0.717, 1.165) is 57.8 Å². The molecule has 0 heterocycles. The fourth-order valence-electron chi connectivity index (χ4n) is 6.66. The summed E-state index contributed by atoms with van der Waals surface area (Å²) < 4.78 is 5.87. The predicted molar refractivity (Wildman–Crippen MR) is 231 cm³/mol. The maximum absolute atomic E-state index is 12.7. The largest absolute Gasteiger partial charge is 0.480 e. The van der Waals surface area contributed by atoms with Crippen molar-refractivity contribution in [3.63, 3.8) is 0 Å². The number of rotatable bonds is 41. The van der Waals surface area contributed by atoms with Gasteiger partial charge in [-0.2, -0.15) is 0 Å². The molecular formula is C48H85NO5. The number of allylic oxidation sites excluding steroid dienone is 7. The molecule has 0 aromatic carbocycles. The summed E-state index contributed by atoms with van der Waals surface area (Å²) in [6.07, 6.45) is 55.6. The summed E-state index contributed by atoms with van der Waals surface area (Å²) >= 11 is 0. The lowest BCUT2D eigenvalue weighted by molar-refractivity contribution is -0.147. The fourth-order valence-corrected chi connectivity index (χ4v) is 6.66. The summed E-state index contributed by atoms with van der Waals surface area (Å²) in [7, 11) is 0. The number of hydrogen-bond donors (Lipinski definition) is 2. The van der Waals surface area contributed by atoms with Crippen LogP contribution in [-0.4, -0.2) is 35.6 Å². The van der Waals surface area contributed by atoms with Gasteiger partial charge in [0.1, 0.15) is 12.6 Å². The zero-order valence-electron chi connectivity index (χ0n) is 35.3. The summed E-state index contributed by atoms with van der Waals surface area (Å²) in [5.74, 6) is -1.41. The topological polar surface area (TPSA) is 92.7 Å². The zero-order chi connectivity index (χ0) is 39.4. The summed E-state index contributed by atoms with van der Waals surface area (Å²) in [6.45, 7) is 4.08. The van der Waals surface area contributed by atoms with Gasteiger partial charge in [0.15, 0.2) is 0 Å². The van der Waals surface area contributed by atoms with E-state index in [1.54, 1.807) is 0 Å². The van der Waals surface area contributed by atoms with E-state index in [-0.39, 0.29) is 24.5 Å². The number of aliphatic carboxylic acids is 1. The Bertz CT molecular complexity index is 968. The van der Waals surface area contributed by atoms with Crippen LogP contribution in [0.4, 0.5) is 0 Å². The van der Waals surface area contributed by atoms with Gasteiger partial charge in [-0.1, -0.05) is 204 Å². The summed E-state index contributed by atoms with van der Waals surface area (Å²) in [5.41, 5.74) is 0. The van der Waals surface area contributed by atoms with Crippen molar-refractivity contribution in [3.05, 3.63) is 48.6 Å². The van der Waals surface area contributed by atoms with E-state index in [1.165, 1.54) is 135 Å². The van der Waals surface area contributed by atoms with Gasteiger partial charge in [-0.05, 0) is 57.4 Å². The van der Waals surface area contributed by atoms with Gasteiger partial charge in [0.05, 0.1) is 0 Å². The Morgan fingerprint density at radius 1 is 0.500 bits per heavy atom. The molecule has 0 aromatic heterocycles. The molecule has 0 fully saturated rings.